The van der Waals surface area contributed by atoms with Crippen molar-refractivity contribution in [2.24, 2.45) is 0 Å². The summed E-state index contributed by atoms with van der Waals surface area (Å²) < 4.78 is 26.2. The number of aryl methyl sites for hydroxylation is 1. The standard InChI is InChI=1S/C14H13F2NS/c1-9-2-3-11(15)6-10(9)8-18-14-7-12(16)4-5-13(14)17/h2-7H,8,17H2,1H3. The molecule has 0 atom stereocenters. The minimum absolute atomic E-state index is 0.261. The molecule has 0 spiro atoms. The molecule has 0 aliphatic heterocycles. The van der Waals surface area contributed by atoms with E-state index in [1.807, 2.05) is 6.92 Å². The third-order valence-electron chi connectivity index (χ3n) is 2.67. The summed E-state index contributed by atoms with van der Waals surface area (Å²) in [6.45, 7) is 1.92. The molecule has 0 aliphatic carbocycles. The molecular weight excluding hydrogens is 252 g/mol. The molecule has 2 rings (SSSR count). The zero-order valence-corrected chi connectivity index (χ0v) is 10.7. The van der Waals surface area contributed by atoms with E-state index in [9.17, 15) is 8.78 Å². The van der Waals surface area contributed by atoms with Crippen LogP contribution in [0, 0.1) is 18.6 Å². The maximum atomic E-state index is 13.1. The topological polar surface area (TPSA) is 26.0 Å². The fourth-order valence-corrected chi connectivity index (χ4v) is 2.64. The smallest absolute Gasteiger partial charge is 0.124 e. The highest BCUT2D eigenvalue weighted by Crippen LogP contribution is 2.29. The van der Waals surface area contributed by atoms with Gasteiger partial charge < -0.3 is 5.73 Å². The van der Waals surface area contributed by atoms with Crippen molar-refractivity contribution in [2.75, 3.05) is 5.73 Å². The Hall–Kier alpha value is -1.55. The molecule has 4 heteroatoms. The Morgan fingerprint density at radius 2 is 1.72 bits per heavy atom. The highest BCUT2D eigenvalue weighted by molar-refractivity contribution is 7.98. The highest BCUT2D eigenvalue weighted by Gasteiger charge is 2.05. The quantitative estimate of drug-likeness (QED) is 0.666. The SMILES string of the molecule is Cc1ccc(F)cc1CSc1cc(F)ccc1N. The molecule has 1 nitrogen and oxygen atoms in total. The van der Waals surface area contributed by atoms with Crippen LogP contribution in [0.3, 0.4) is 0 Å². The van der Waals surface area contributed by atoms with Crippen molar-refractivity contribution in [3.63, 3.8) is 0 Å². The molecule has 0 fully saturated rings. The highest BCUT2D eigenvalue weighted by atomic mass is 32.2. The molecule has 0 aliphatic rings. The molecule has 0 amide bonds. The molecular formula is C14H13F2NS. The van der Waals surface area contributed by atoms with Gasteiger partial charge in [0.05, 0.1) is 0 Å². The van der Waals surface area contributed by atoms with Crippen molar-refractivity contribution in [1.82, 2.24) is 0 Å². The Balaban J connectivity index is 2.16. The van der Waals surface area contributed by atoms with E-state index < -0.39 is 0 Å². The van der Waals surface area contributed by atoms with Crippen LogP contribution in [-0.4, -0.2) is 0 Å². The van der Waals surface area contributed by atoms with Gasteiger partial charge in [0.25, 0.3) is 0 Å². The van der Waals surface area contributed by atoms with Gasteiger partial charge >= 0.3 is 0 Å². The number of hydrogen-bond donors (Lipinski definition) is 1. The van der Waals surface area contributed by atoms with Gasteiger partial charge in [-0.05, 0) is 48.4 Å². The fourth-order valence-electron chi connectivity index (χ4n) is 1.58. The molecule has 2 aromatic carbocycles. The molecule has 0 heterocycles. The molecule has 0 unspecified atom stereocenters. The molecule has 0 bridgehead atoms. The van der Waals surface area contributed by atoms with Crippen molar-refractivity contribution < 1.29 is 8.78 Å². The Morgan fingerprint density at radius 1 is 1.06 bits per heavy atom. The number of halogens is 2. The van der Waals surface area contributed by atoms with Gasteiger partial charge in [-0.3, -0.25) is 0 Å². The number of benzene rings is 2. The van der Waals surface area contributed by atoms with E-state index in [-0.39, 0.29) is 11.6 Å². The van der Waals surface area contributed by atoms with Crippen LogP contribution < -0.4 is 5.73 Å². The lowest BCUT2D eigenvalue weighted by Gasteiger charge is -2.08. The first-order valence-electron chi connectivity index (χ1n) is 5.49. The third-order valence-corrected chi connectivity index (χ3v) is 3.79. The number of hydrogen-bond acceptors (Lipinski definition) is 2. The number of nitrogens with two attached hydrogens (primary N) is 1. The van der Waals surface area contributed by atoms with Gasteiger partial charge in [0.15, 0.2) is 0 Å². The van der Waals surface area contributed by atoms with E-state index in [0.717, 1.165) is 11.1 Å². The lowest BCUT2D eigenvalue weighted by Crippen LogP contribution is -1.92. The summed E-state index contributed by atoms with van der Waals surface area (Å²) in [5.74, 6) is -0.0110. The maximum Gasteiger partial charge on any atom is 0.124 e. The van der Waals surface area contributed by atoms with E-state index in [1.165, 1.54) is 42.1 Å². The van der Waals surface area contributed by atoms with Gasteiger partial charge in [-0.15, -0.1) is 11.8 Å². The molecule has 0 saturated heterocycles. The minimum Gasteiger partial charge on any atom is -0.398 e. The number of rotatable bonds is 3. The maximum absolute atomic E-state index is 13.1. The van der Waals surface area contributed by atoms with Crippen LogP contribution >= 0.6 is 11.8 Å². The fraction of sp³-hybridized carbons (Fsp3) is 0.143. The van der Waals surface area contributed by atoms with Gasteiger partial charge in [0.1, 0.15) is 11.6 Å². The first kappa shape index (κ1) is 12.9. The van der Waals surface area contributed by atoms with Crippen LogP contribution in [0.15, 0.2) is 41.3 Å². The van der Waals surface area contributed by atoms with Gasteiger partial charge in [-0.1, -0.05) is 6.07 Å². The van der Waals surface area contributed by atoms with Crippen LogP contribution in [0.5, 0.6) is 0 Å². The summed E-state index contributed by atoms with van der Waals surface area (Å²) in [5, 5.41) is 0. The Kier molecular flexibility index (Phi) is 3.87. The lowest BCUT2D eigenvalue weighted by atomic mass is 10.1. The van der Waals surface area contributed by atoms with E-state index in [1.54, 1.807) is 6.07 Å². The Labute approximate surface area is 109 Å². The van der Waals surface area contributed by atoms with Crippen molar-refractivity contribution in [3.05, 3.63) is 59.2 Å². The summed E-state index contributed by atoms with van der Waals surface area (Å²) in [6.07, 6.45) is 0. The zero-order chi connectivity index (χ0) is 13.1. The van der Waals surface area contributed by atoms with Crippen LogP contribution in [0.25, 0.3) is 0 Å². The van der Waals surface area contributed by atoms with E-state index in [4.69, 9.17) is 5.73 Å². The first-order chi connectivity index (χ1) is 8.56. The van der Waals surface area contributed by atoms with Crippen LogP contribution in [0.4, 0.5) is 14.5 Å². The van der Waals surface area contributed by atoms with E-state index in [0.29, 0.717) is 16.3 Å². The normalized spacial score (nSPS) is 10.6. The van der Waals surface area contributed by atoms with Crippen LogP contribution in [0.2, 0.25) is 0 Å². The molecule has 0 aromatic heterocycles. The number of anilines is 1. The summed E-state index contributed by atoms with van der Waals surface area (Å²) >= 11 is 1.41. The van der Waals surface area contributed by atoms with Gasteiger partial charge in [0, 0.05) is 16.3 Å². The summed E-state index contributed by atoms with van der Waals surface area (Å²) in [7, 11) is 0. The van der Waals surface area contributed by atoms with Crippen molar-refractivity contribution in [2.45, 2.75) is 17.6 Å². The summed E-state index contributed by atoms with van der Waals surface area (Å²) in [6, 6.07) is 8.93. The largest absolute Gasteiger partial charge is 0.398 e. The Morgan fingerprint density at radius 3 is 2.50 bits per heavy atom. The van der Waals surface area contributed by atoms with Crippen LogP contribution in [0.1, 0.15) is 11.1 Å². The minimum atomic E-state index is -0.317. The monoisotopic (exact) mass is 265 g/mol. The molecule has 2 N–H and O–H groups in total. The summed E-state index contributed by atoms with van der Waals surface area (Å²) in [5.41, 5.74) is 8.20. The molecule has 94 valence electrons. The van der Waals surface area contributed by atoms with Gasteiger partial charge in [0.2, 0.25) is 0 Å². The number of thioether (sulfide) groups is 1. The van der Waals surface area contributed by atoms with E-state index >= 15 is 0 Å². The van der Waals surface area contributed by atoms with Crippen LogP contribution in [-0.2, 0) is 5.75 Å². The zero-order valence-electron chi connectivity index (χ0n) is 9.91. The predicted octanol–water partition coefficient (Wildman–Crippen LogP) is 4.15. The lowest BCUT2D eigenvalue weighted by molar-refractivity contribution is 0.624. The average Bonchev–Trinajstić information content (AvgIpc) is 2.34. The van der Waals surface area contributed by atoms with Crippen molar-refractivity contribution in [1.29, 1.82) is 0 Å². The van der Waals surface area contributed by atoms with Gasteiger partial charge in [-0.25, -0.2) is 8.78 Å². The third kappa shape index (κ3) is 3.01. The second-order valence-electron chi connectivity index (χ2n) is 4.04. The Bertz CT molecular complexity index is 518. The molecule has 18 heavy (non-hydrogen) atoms. The summed E-state index contributed by atoms with van der Waals surface area (Å²) in [4.78, 5) is 0.679. The molecule has 0 radical (unpaired) electrons. The van der Waals surface area contributed by atoms with Crippen molar-refractivity contribution in [3.8, 4) is 0 Å². The second kappa shape index (κ2) is 5.40. The molecule has 0 saturated carbocycles. The predicted molar refractivity (Wildman–Crippen MR) is 71.5 cm³/mol. The molecule has 2 aromatic rings. The van der Waals surface area contributed by atoms with Crippen molar-refractivity contribution >= 4 is 17.4 Å². The van der Waals surface area contributed by atoms with Gasteiger partial charge in [-0.2, -0.15) is 0 Å². The number of nitrogen functional groups attached to an aromatic ring is 1. The average molecular weight is 265 g/mol. The van der Waals surface area contributed by atoms with E-state index in [2.05, 4.69) is 0 Å². The second-order valence-corrected chi connectivity index (χ2v) is 5.06. The first-order valence-corrected chi connectivity index (χ1v) is 6.47.